The zero-order valence-corrected chi connectivity index (χ0v) is 5.05. The summed E-state index contributed by atoms with van der Waals surface area (Å²) >= 11 is 0. The lowest BCUT2D eigenvalue weighted by Crippen LogP contribution is -2.02. The Balaban J connectivity index is 2.64. The zero-order valence-electron chi connectivity index (χ0n) is 5.05. The van der Waals surface area contributed by atoms with Crippen LogP contribution in [0.3, 0.4) is 0 Å². The van der Waals surface area contributed by atoms with E-state index in [2.05, 4.69) is 22.1 Å². The van der Waals surface area contributed by atoms with E-state index in [1.807, 2.05) is 13.8 Å². The third-order valence-corrected chi connectivity index (χ3v) is 0.914. The molecule has 0 bridgehead atoms. The molecule has 0 aromatic rings. The van der Waals surface area contributed by atoms with Crippen molar-refractivity contribution in [2.75, 3.05) is 0 Å². The Morgan fingerprint density at radius 1 is 1.00 bits per heavy atom. The number of rotatable bonds is 0. The largest absolute Gasteiger partial charge is 0.177 e. The molecule has 0 saturated carbocycles. The molecule has 8 heavy (non-hydrogen) atoms. The second-order valence-corrected chi connectivity index (χ2v) is 1.87. The summed E-state index contributed by atoms with van der Waals surface area (Å²) < 4.78 is 0. The molecule has 0 radical (unpaired) electrons. The van der Waals surface area contributed by atoms with E-state index in [0.29, 0.717) is 0 Å². The maximum atomic E-state index is 3.86. The lowest BCUT2D eigenvalue weighted by molar-refractivity contribution is 0.747. The smallest absolute Gasteiger partial charge is 0.128 e. The van der Waals surface area contributed by atoms with Crippen LogP contribution in [0.1, 0.15) is 13.8 Å². The molecule has 0 fully saturated rings. The fourth-order valence-electron chi connectivity index (χ4n) is 0.499. The average molecular weight is 108 g/mol. The summed E-state index contributed by atoms with van der Waals surface area (Å²) in [6.07, 6.45) is 0. The first kappa shape index (κ1) is 5.30. The first-order valence-corrected chi connectivity index (χ1v) is 2.70. The van der Waals surface area contributed by atoms with Gasteiger partial charge in [-0.05, 0) is 13.8 Å². The third-order valence-electron chi connectivity index (χ3n) is 0.914. The molecule has 0 N–H and O–H groups in total. The Labute approximate surface area is 49.0 Å². The van der Waals surface area contributed by atoms with E-state index in [1.165, 1.54) is 0 Å². The average Bonchev–Trinajstić information content (AvgIpc) is 1.77. The Kier molecular flexibility index (Phi) is 1.29. The van der Waals surface area contributed by atoms with Gasteiger partial charge in [-0.15, -0.1) is 0 Å². The summed E-state index contributed by atoms with van der Waals surface area (Å²) in [5.41, 5.74) is 0. The van der Waals surface area contributed by atoms with Crippen LogP contribution >= 0.6 is 0 Å². The van der Waals surface area contributed by atoms with Gasteiger partial charge >= 0.3 is 0 Å². The molecule has 2 heteroatoms. The van der Waals surface area contributed by atoms with Crippen molar-refractivity contribution in [3.05, 3.63) is 0 Å². The summed E-state index contributed by atoms with van der Waals surface area (Å²) in [7, 11) is 0. The number of hydrogen-bond donors (Lipinski definition) is 0. The molecule has 42 valence electrons. The van der Waals surface area contributed by atoms with Gasteiger partial charge in [0.25, 0.3) is 0 Å². The first-order chi connectivity index (χ1) is 3.79. The van der Waals surface area contributed by atoms with Gasteiger partial charge in [-0.2, -0.15) is 10.2 Å². The quantitative estimate of drug-likeness (QED) is 0.417. The van der Waals surface area contributed by atoms with Crippen molar-refractivity contribution in [2.45, 2.75) is 25.9 Å². The van der Waals surface area contributed by atoms with Crippen LogP contribution in [-0.4, -0.2) is 12.1 Å². The van der Waals surface area contributed by atoms with Crippen LogP contribution in [-0.2, 0) is 0 Å². The summed E-state index contributed by atoms with van der Waals surface area (Å²) in [4.78, 5) is 0. The minimum Gasteiger partial charge on any atom is -0.177 e. The Morgan fingerprint density at radius 3 is 1.62 bits per heavy atom. The van der Waals surface area contributed by atoms with Crippen molar-refractivity contribution in [2.24, 2.45) is 10.2 Å². The van der Waals surface area contributed by atoms with Crippen molar-refractivity contribution < 1.29 is 0 Å². The van der Waals surface area contributed by atoms with Crippen molar-refractivity contribution in [3.8, 4) is 11.8 Å². The van der Waals surface area contributed by atoms with Crippen molar-refractivity contribution >= 4 is 0 Å². The third kappa shape index (κ3) is 1.06. The predicted molar refractivity (Wildman–Crippen MR) is 31.6 cm³/mol. The number of hydrogen-bond acceptors (Lipinski definition) is 2. The molecule has 0 saturated heterocycles. The lowest BCUT2D eigenvalue weighted by Gasteiger charge is -2.00. The van der Waals surface area contributed by atoms with E-state index in [0.717, 1.165) is 0 Å². The SMILES string of the molecule is CC1C#CC(C)N=N1. The molecule has 0 aromatic heterocycles. The van der Waals surface area contributed by atoms with Crippen LogP contribution < -0.4 is 0 Å². The van der Waals surface area contributed by atoms with E-state index >= 15 is 0 Å². The van der Waals surface area contributed by atoms with Gasteiger partial charge in [0.05, 0.1) is 0 Å². The monoisotopic (exact) mass is 108 g/mol. The van der Waals surface area contributed by atoms with Crippen LogP contribution in [0, 0.1) is 11.8 Å². The minimum atomic E-state index is 0.117. The van der Waals surface area contributed by atoms with E-state index < -0.39 is 0 Å². The molecule has 1 aliphatic heterocycles. The van der Waals surface area contributed by atoms with E-state index in [1.54, 1.807) is 0 Å². The second kappa shape index (κ2) is 1.95. The number of nitrogens with zero attached hydrogens (tertiary/aromatic N) is 2. The molecular formula is C6H8N2. The summed E-state index contributed by atoms with van der Waals surface area (Å²) in [5, 5.41) is 7.72. The fourth-order valence-corrected chi connectivity index (χ4v) is 0.499. The molecule has 0 aromatic carbocycles. The molecule has 0 aliphatic carbocycles. The maximum Gasteiger partial charge on any atom is 0.128 e. The fraction of sp³-hybridized carbons (Fsp3) is 0.667. The molecule has 0 spiro atoms. The van der Waals surface area contributed by atoms with Crippen LogP contribution in [0.2, 0.25) is 0 Å². The van der Waals surface area contributed by atoms with E-state index in [-0.39, 0.29) is 12.1 Å². The molecule has 2 nitrogen and oxygen atoms in total. The highest BCUT2D eigenvalue weighted by Crippen LogP contribution is 1.98. The lowest BCUT2D eigenvalue weighted by atomic mass is 10.3. The number of azo groups is 1. The Bertz CT molecular complexity index is 145. The normalized spacial score (nSPS) is 33.8. The van der Waals surface area contributed by atoms with Gasteiger partial charge in [0.2, 0.25) is 0 Å². The molecule has 0 amide bonds. The Morgan fingerprint density at radius 2 is 1.38 bits per heavy atom. The van der Waals surface area contributed by atoms with Crippen LogP contribution in [0.15, 0.2) is 10.2 Å². The zero-order chi connectivity index (χ0) is 5.98. The molecule has 2 atom stereocenters. The maximum absolute atomic E-state index is 3.86. The van der Waals surface area contributed by atoms with Crippen molar-refractivity contribution in [1.29, 1.82) is 0 Å². The summed E-state index contributed by atoms with van der Waals surface area (Å²) in [6, 6.07) is 0.234. The van der Waals surface area contributed by atoms with Gasteiger partial charge in [-0.25, -0.2) is 0 Å². The molecule has 1 heterocycles. The molecule has 1 rings (SSSR count). The van der Waals surface area contributed by atoms with Gasteiger partial charge < -0.3 is 0 Å². The van der Waals surface area contributed by atoms with Gasteiger partial charge in [0.1, 0.15) is 12.1 Å². The van der Waals surface area contributed by atoms with E-state index in [4.69, 9.17) is 0 Å². The second-order valence-electron chi connectivity index (χ2n) is 1.87. The highest BCUT2D eigenvalue weighted by atomic mass is 15.1. The van der Waals surface area contributed by atoms with Crippen LogP contribution in [0.4, 0.5) is 0 Å². The van der Waals surface area contributed by atoms with Gasteiger partial charge in [-0.3, -0.25) is 0 Å². The predicted octanol–water partition coefficient (Wildman–Crippen LogP) is 1.23. The Hall–Kier alpha value is -0.840. The highest BCUT2D eigenvalue weighted by molar-refractivity contribution is 5.13. The first-order valence-electron chi connectivity index (χ1n) is 2.70. The standard InChI is InChI=1S/C6H8N2/c1-5-3-4-6(2)8-7-5/h5-6H,1-2H3. The highest BCUT2D eigenvalue weighted by Gasteiger charge is 1.99. The summed E-state index contributed by atoms with van der Waals surface area (Å²) in [6.45, 7) is 3.87. The van der Waals surface area contributed by atoms with Crippen molar-refractivity contribution in [3.63, 3.8) is 0 Å². The van der Waals surface area contributed by atoms with Crippen LogP contribution in [0.25, 0.3) is 0 Å². The molecule has 2 unspecified atom stereocenters. The minimum absolute atomic E-state index is 0.117. The molecule has 1 aliphatic rings. The van der Waals surface area contributed by atoms with Gasteiger partial charge in [-0.1, -0.05) is 11.8 Å². The van der Waals surface area contributed by atoms with Gasteiger partial charge in [0.15, 0.2) is 0 Å². The van der Waals surface area contributed by atoms with Gasteiger partial charge in [0, 0.05) is 0 Å². The molecular weight excluding hydrogens is 100 g/mol. The van der Waals surface area contributed by atoms with Crippen molar-refractivity contribution in [1.82, 2.24) is 0 Å². The van der Waals surface area contributed by atoms with E-state index in [9.17, 15) is 0 Å². The topological polar surface area (TPSA) is 24.7 Å². The van der Waals surface area contributed by atoms with Crippen LogP contribution in [0.5, 0.6) is 0 Å². The summed E-state index contributed by atoms with van der Waals surface area (Å²) in [5.74, 6) is 5.84.